The minimum absolute atomic E-state index is 0.322. The second kappa shape index (κ2) is 5.49. The van der Waals surface area contributed by atoms with Crippen LogP contribution in [0.4, 0.5) is 5.82 Å². The van der Waals surface area contributed by atoms with Crippen LogP contribution in [0.25, 0.3) is 0 Å². The first-order valence-electron chi connectivity index (χ1n) is 6.98. The van der Waals surface area contributed by atoms with Crippen molar-refractivity contribution in [3.8, 4) is 5.75 Å². The maximum Gasteiger partial charge on any atom is 0.147 e. The zero-order valence-corrected chi connectivity index (χ0v) is 11.9. The molecule has 0 spiro atoms. The number of aromatic nitrogens is 2. The van der Waals surface area contributed by atoms with E-state index in [0.29, 0.717) is 6.04 Å². The third kappa shape index (κ3) is 2.33. The van der Waals surface area contributed by atoms with Crippen LogP contribution in [-0.4, -0.2) is 23.6 Å². The van der Waals surface area contributed by atoms with Crippen LogP contribution in [0.3, 0.4) is 0 Å². The highest BCUT2D eigenvalue weighted by molar-refractivity contribution is 5.46. The fraction of sp³-hybridized carbons (Fsp3) is 0.375. The van der Waals surface area contributed by atoms with E-state index in [9.17, 15) is 0 Å². The Labute approximate surface area is 119 Å². The summed E-state index contributed by atoms with van der Waals surface area (Å²) >= 11 is 0. The lowest BCUT2D eigenvalue weighted by Gasteiger charge is -2.27. The Morgan fingerprint density at radius 1 is 1.25 bits per heavy atom. The molecule has 3 rings (SSSR count). The van der Waals surface area contributed by atoms with Gasteiger partial charge in [-0.3, -0.25) is 4.98 Å². The number of hydrogen-bond donors (Lipinski definition) is 0. The molecule has 1 aliphatic rings. The summed E-state index contributed by atoms with van der Waals surface area (Å²) < 4.78 is 5.50. The van der Waals surface area contributed by atoms with Crippen molar-refractivity contribution < 1.29 is 4.74 Å². The molecule has 1 aliphatic heterocycles. The average Bonchev–Trinajstić information content (AvgIpc) is 2.96. The predicted molar refractivity (Wildman–Crippen MR) is 79.1 cm³/mol. The number of ether oxygens (including phenoxy) is 1. The molecule has 104 valence electrons. The monoisotopic (exact) mass is 269 g/mol. The van der Waals surface area contributed by atoms with Crippen molar-refractivity contribution in [3.63, 3.8) is 0 Å². The third-order valence-electron chi connectivity index (χ3n) is 3.79. The molecule has 2 aromatic rings. The maximum absolute atomic E-state index is 5.50. The number of anilines is 1. The van der Waals surface area contributed by atoms with E-state index in [-0.39, 0.29) is 0 Å². The van der Waals surface area contributed by atoms with E-state index in [1.807, 2.05) is 25.3 Å². The van der Waals surface area contributed by atoms with Gasteiger partial charge in [0, 0.05) is 18.3 Å². The molecule has 0 N–H and O–H groups in total. The summed E-state index contributed by atoms with van der Waals surface area (Å²) in [4.78, 5) is 11.2. The van der Waals surface area contributed by atoms with E-state index in [4.69, 9.17) is 4.74 Å². The van der Waals surface area contributed by atoms with Crippen LogP contribution in [0.15, 0.2) is 36.7 Å². The Balaban J connectivity index is 1.96. The van der Waals surface area contributed by atoms with Crippen molar-refractivity contribution in [1.29, 1.82) is 0 Å². The van der Waals surface area contributed by atoms with Gasteiger partial charge in [0.15, 0.2) is 0 Å². The van der Waals surface area contributed by atoms with Crippen LogP contribution in [0.2, 0.25) is 0 Å². The highest BCUT2D eigenvalue weighted by Gasteiger charge is 2.29. The van der Waals surface area contributed by atoms with Crippen LogP contribution in [0.5, 0.6) is 5.75 Å². The summed E-state index contributed by atoms with van der Waals surface area (Å²) in [5, 5.41) is 0. The topological polar surface area (TPSA) is 38.2 Å². The van der Waals surface area contributed by atoms with Crippen LogP contribution >= 0.6 is 0 Å². The summed E-state index contributed by atoms with van der Waals surface area (Å²) in [6.07, 6.45) is 5.92. The lowest BCUT2D eigenvalue weighted by atomic mass is 10.0. The van der Waals surface area contributed by atoms with Crippen molar-refractivity contribution in [2.24, 2.45) is 0 Å². The van der Waals surface area contributed by atoms with Crippen molar-refractivity contribution in [1.82, 2.24) is 9.97 Å². The minimum atomic E-state index is 0.322. The van der Waals surface area contributed by atoms with Crippen LogP contribution < -0.4 is 9.64 Å². The molecule has 1 fully saturated rings. The van der Waals surface area contributed by atoms with Crippen molar-refractivity contribution in [2.75, 3.05) is 18.6 Å². The smallest absolute Gasteiger partial charge is 0.147 e. The standard InChI is InChI=1S/C16H19N3O/c1-12-10-17-11-16(18-12)19-9-5-7-14(19)13-6-3-4-8-15(13)20-2/h3-4,6,8,10-11,14H,5,7,9H2,1-2H3. The largest absolute Gasteiger partial charge is 0.496 e. The van der Waals surface area contributed by atoms with Gasteiger partial charge in [-0.2, -0.15) is 0 Å². The molecule has 0 amide bonds. The lowest BCUT2D eigenvalue weighted by molar-refractivity contribution is 0.405. The van der Waals surface area contributed by atoms with Gasteiger partial charge in [0.1, 0.15) is 11.6 Å². The Hall–Kier alpha value is -2.10. The van der Waals surface area contributed by atoms with Gasteiger partial charge in [0.05, 0.1) is 25.0 Å². The molecule has 0 aliphatic carbocycles. The second-order valence-corrected chi connectivity index (χ2v) is 5.11. The number of nitrogens with zero attached hydrogens (tertiary/aromatic N) is 3. The van der Waals surface area contributed by atoms with Crippen molar-refractivity contribution in [3.05, 3.63) is 47.9 Å². The van der Waals surface area contributed by atoms with Crippen LogP contribution in [0.1, 0.15) is 30.1 Å². The van der Waals surface area contributed by atoms with Gasteiger partial charge in [-0.25, -0.2) is 4.98 Å². The summed E-state index contributed by atoms with van der Waals surface area (Å²) in [6.45, 7) is 2.99. The fourth-order valence-electron chi connectivity index (χ4n) is 2.89. The Bertz CT molecular complexity index is 600. The summed E-state index contributed by atoms with van der Waals surface area (Å²) in [5.41, 5.74) is 2.18. The molecule has 0 saturated carbocycles. The van der Waals surface area contributed by atoms with Gasteiger partial charge in [0.2, 0.25) is 0 Å². The first-order chi connectivity index (χ1) is 9.79. The zero-order valence-electron chi connectivity index (χ0n) is 11.9. The van der Waals surface area contributed by atoms with E-state index in [1.54, 1.807) is 13.3 Å². The molecule has 2 heterocycles. The number of aryl methyl sites for hydroxylation is 1. The van der Waals surface area contributed by atoms with Crippen molar-refractivity contribution in [2.45, 2.75) is 25.8 Å². The highest BCUT2D eigenvalue weighted by Crippen LogP contribution is 2.38. The highest BCUT2D eigenvalue weighted by atomic mass is 16.5. The predicted octanol–water partition coefficient (Wildman–Crippen LogP) is 3.14. The molecule has 1 aromatic heterocycles. The van der Waals surface area contributed by atoms with E-state index in [2.05, 4.69) is 27.0 Å². The number of benzene rings is 1. The molecular weight excluding hydrogens is 250 g/mol. The van der Waals surface area contributed by atoms with E-state index < -0.39 is 0 Å². The molecule has 1 aromatic carbocycles. The van der Waals surface area contributed by atoms with Crippen LogP contribution in [0, 0.1) is 6.92 Å². The van der Waals surface area contributed by atoms with E-state index in [0.717, 1.165) is 30.2 Å². The third-order valence-corrected chi connectivity index (χ3v) is 3.79. The van der Waals surface area contributed by atoms with Crippen LogP contribution in [-0.2, 0) is 0 Å². The number of rotatable bonds is 3. The molecule has 1 saturated heterocycles. The fourth-order valence-corrected chi connectivity index (χ4v) is 2.89. The normalized spacial score (nSPS) is 18.3. The summed E-state index contributed by atoms with van der Waals surface area (Å²) in [6, 6.07) is 8.56. The molecule has 0 bridgehead atoms. The van der Waals surface area contributed by atoms with E-state index in [1.165, 1.54) is 12.0 Å². The number of hydrogen-bond acceptors (Lipinski definition) is 4. The average molecular weight is 269 g/mol. The lowest BCUT2D eigenvalue weighted by Crippen LogP contribution is -2.24. The quantitative estimate of drug-likeness (QED) is 0.858. The number of methoxy groups -OCH3 is 1. The molecule has 0 radical (unpaired) electrons. The van der Waals surface area contributed by atoms with Gasteiger partial charge in [0.25, 0.3) is 0 Å². The SMILES string of the molecule is COc1ccccc1C1CCCN1c1cncc(C)n1. The second-order valence-electron chi connectivity index (χ2n) is 5.11. The van der Waals surface area contributed by atoms with Crippen molar-refractivity contribution >= 4 is 5.82 Å². The molecule has 4 nitrogen and oxygen atoms in total. The Morgan fingerprint density at radius 3 is 2.90 bits per heavy atom. The number of para-hydroxylation sites is 1. The Kier molecular flexibility index (Phi) is 3.54. The first kappa shape index (κ1) is 12.9. The van der Waals surface area contributed by atoms with Gasteiger partial charge >= 0.3 is 0 Å². The first-order valence-corrected chi connectivity index (χ1v) is 6.98. The summed E-state index contributed by atoms with van der Waals surface area (Å²) in [7, 11) is 1.73. The van der Waals surface area contributed by atoms with Gasteiger partial charge in [-0.1, -0.05) is 18.2 Å². The minimum Gasteiger partial charge on any atom is -0.496 e. The zero-order chi connectivity index (χ0) is 13.9. The molecule has 4 heteroatoms. The maximum atomic E-state index is 5.50. The van der Waals surface area contributed by atoms with Gasteiger partial charge < -0.3 is 9.64 Å². The molecule has 1 atom stereocenters. The Morgan fingerprint density at radius 2 is 2.10 bits per heavy atom. The molecule has 1 unspecified atom stereocenters. The molecular formula is C16H19N3O. The van der Waals surface area contributed by atoms with Gasteiger partial charge in [-0.05, 0) is 25.8 Å². The molecule has 20 heavy (non-hydrogen) atoms. The van der Waals surface area contributed by atoms with E-state index >= 15 is 0 Å². The summed E-state index contributed by atoms with van der Waals surface area (Å²) in [5.74, 6) is 1.91. The van der Waals surface area contributed by atoms with Gasteiger partial charge in [-0.15, -0.1) is 0 Å².